The maximum absolute atomic E-state index is 10.3. The highest BCUT2D eigenvalue weighted by Crippen LogP contribution is 2.31. The number of hydrogen-bond donors (Lipinski definition) is 1. The van der Waals surface area contributed by atoms with E-state index < -0.39 is 5.97 Å². The molecule has 90 valence electrons. The Labute approximate surface area is 97.8 Å². The average molecular weight is 223 g/mol. The molecule has 0 bridgehead atoms. The van der Waals surface area contributed by atoms with Crippen molar-refractivity contribution in [3.8, 4) is 11.8 Å². The molecule has 1 N–H and O–H groups in total. The van der Waals surface area contributed by atoms with Gasteiger partial charge in [-0.05, 0) is 38.8 Å². The molecule has 0 radical (unpaired) electrons. The van der Waals surface area contributed by atoms with Crippen LogP contribution in [0.3, 0.4) is 0 Å². The Morgan fingerprint density at radius 3 is 2.31 bits per heavy atom. The summed E-state index contributed by atoms with van der Waals surface area (Å²) < 4.78 is 0. The lowest BCUT2D eigenvalue weighted by Gasteiger charge is -2.41. The zero-order valence-corrected chi connectivity index (χ0v) is 10.2. The summed E-state index contributed by atoms with van der Waals surface area (Å²) in [5, 5.41) is 8.44. The molecule has 1 aliphatic rings. The van der Waals surface area contributed by atoms with E-state index in [-0.39, 0.29) is 0 Å². The summed E-state index contributed by atoms with van der Waals surface area (Å²) in [5.41, 5.74) is 0. The highest BCUT2D eigenvalue weighted by atomic mass is 16.4. The van der Waals surface area contributed by atoms with Crippen LogP contribution in [0.25, 0.3) is 0 Å². The van der Waals surface area contributed by atoms with E-state index in [2.05, 4.69) is 30.6 Å². The maximum atomic E-state index is 10.3. The van der Waals surface area contributed by atoms with Crippen LogP contribution in [-0.2, 0) is 4.79 Å². The van der Waals surface area contributed by atoms with Crippen LogP contribution in [0.2, 0.25) is 0 Å². The van der Waals surface area contributed by atoms with Crippen molar-refractivity contribution in [2.45, 2.75) is 45.6 Å². The van der Waals surface area contributed by atoms with Gasteiger partial charge in [0.25, 0.3) is 0 Å². The van der Waals surface area contributed by atoms with Gasteiger partial charge in [0.1, 0.15) is 0 Å². The van der Waals surface area contributed by atoms with Gasteiger partial charge in [-0.15, -0.1) is 0 Å². The third-order valence-corrected chi connectivity index (χ3v) is 3.03. The second-order valence-corrected chi connectivity index (χ2v) is 4.43. The van der Waals surface area contributed by atoms with Crippen LogP contribution in [0.15, 0.2) is 0 Å². The molecule has 0 saturated heterocycles. The number of carbonyl (C=O) groups is 1. The molecule has 1 fully saturated rings. The Kier molecular flexibility index (Phi) is 5.34. The molecule has 1 aliphatic carbocycles. The van der Waals surface area contributed by atoms with Crippen molar-refractivity contribution in [2.75, 3.05) is 13.1 Å². The van der Waals surface area contributed by atoms with E-state index in [0.29, 0.717) is 12.0 Å². The van der Waals surface area contributed by atoms with Crippen molar-refractivity contribution < 1.29 is 9.90 Å². The van der Waals surface area contributed by atoms with E-state index in [0.717, 1.165) is 25.9 Å². The van der Waals surface area contributed by atoms with Crippen LogP contribution in [0, 0.1) is 17.8 Å². The van der Waals surface area contributed by atoms with Crippen molar-refractivity contribution in [1.29, 1.82) is 0 Å². The van der Waals surface area contributed by atoms with E-state index in [1.807, 2.05) is 0 Å². The Balaban J connectivity index is 2.33. The Morgan fingerprint density at radius 2 is 1.88 bits per heavy atom. The minimum Gasteiger partial charge on any atom is -0.472 e. The smallest absolute Gasteiger partial charge is 0.381 e. The van der Waals surface area contributed by atoms with Crippen molar-refractivity contribution in [3.05, 3.63) is 0 Å². The first-order chi connectivity index (χ1) is 7.67. The second kappa shape index (κ2) is 6.55. The van der Waals surface area contributed by atoms with Gasteiger partial charge in [0, 0.05) is 17.9 Å². The number of aliphatic carboxylic acids is 1. The molecule has 1 rings (SSSR count). The van der Waals surface area contributed by atoms with E-state index in [9.17, 15) is 4.79 Å². The quantitative estimate of drug-likeness (QED) is 0.724. The molecule has 0 atom stereocenters. The number of rotatable bonds is 5. The van der Waals surface area contributed by atoms with E-state index >= 15 is 0 Å². The predicted molar refractivity (Wildman–Crippen MR) is 64.1 cm³/mol. The number of carboxylic acid groups (broad SMARTS) is 1. The summed E-state index contributed by atoms with van der Waals surface area (Å²) in [7, 11) is 0. The first-order valence-electron chi connectivity index (χ1n) is 6.15. The van der Waals surface area contributed by atoms with Gasteiger partial charge in [-0.25, -0.2) is 4.79 Å². The monoisotopic (exact) mass is 223 g/mol. The molecule has 0 aliphatic heterocycles. The molecule has 0 aromatic carbocycles. The summed E-state index contributed by atoms with van der Waals surface area (Å²) in [6.45, 7) is 6.70. The lowest BCUT2D eigenvalue weighted by Crippen LogP contribution is -2.45. The maximum Gasteiger partial charge on any atom is 0.381 e. The van der Waals surface area contributed by atoms with Gasteiger partial charge < -0.3 is 10.0 Å². The zero-order chi connectivity index (χ0) is 12.0. The molecule has 0 aromatic rings. The molecule has 0 aromatic heterocycles. The first-order valence-corrected chi connectivity index (χ1v) is 6.15. The number of hydrogen-bond acceptors (Lipinski definition) is 2. The average Bonchev–Trinajstić information content (AvgIpc) is 2.15. The minimum absolute atomic E-state index is 0.303. The van der Waals surface area contributed by atoms with Gasteiger partial charge in [-0.2, -0.15) is 0 Å². The number of carboxylic acids is 1. The number of nitrogens with zero attached hydrogens (tertiary/aromatic N) is 1. The molecule has 3 heteroatoms. The SMILES string of the molecule is CCCN(CCC)C1CC(C#CC(=O)O)C1. The van der Waals surface area contributed by atoms with E-state index in [1.54, 1.807) is 0 Å². The molecule has 1 saturated carbocycles. The zero-order valence-electron chi connectivity index (χ0n) is 10.2. The highest BCUT2D eigenvalue weighted by Gasteiger charge is 2.31. The fraction of sp³-hybridized carbons (Fsp3) is 0.769. The Bertz CT molecular complexity index is 278. The van der Waals surface area contributed by atoms with Crippen LogP contribution >= 0.6 is 0 Å². The molecular formula is C13H21NO2. The van der Waals surface area contributed by atoms with Gasteiger partial charge >= 0.3 is 5.97 Å². The van der Waals surface area contributed by atoms with Crippen molar-refractivity contribution in [1.82, 2.24) is 4.90 Å². The molecular weight excluding hydrogens is 202 g/mol. The molecule has 0 amide bonds. The molecule has 16 heavy (non-hydrogen) atoms. The van der Waals surface area contributed by atoms with Gasteiger partial charge in [0.05, 0.1) is 0 Å². The highest BCUT2D eigenvalue weighted by molar-refractivity contribution is 5.86. The van der Waals surface area contributed by atoms with Gasteiger partial charge in [-0.3, -0.25) is 0 Å². The Hall–Kier alpha value is -1.01. The standard InChI is InChI=1S/C13H21NO2/c1-3-7-14(8-4-2)12-9-11(10-12)5-6-13(15)16/h11-12H,3-4,7-10H2,1-2H3,(H,15,16). The summed E-state index contributed by atoms with van der Waals surface area (Å²) in [6, 6.07) is 0.632. The summed E-state index contributed by atoms with van der Waals surface area (Å²) in [5.74, 6) is 4.32. The largest absolute Gasteiger partial charge is 0.472 e. The molecule has 0 heterocycles. The fourth-order valence-corrected chi connectivity index (χ4v) is 2.22. The van der Waals surface area contributed by atoms with E-state index in [4.69, 9.17) is 5.11 Å². The first kappa shape index (κ1) is 13.1. The van der Waals surface area contributed by atoms with Crippen molar-refractivity contribution in [3.63, 3.8) is 0 Å². The van der Waals surface area contributed by atoms with Crippen LogP contribution in [0.4, 0.5) is 0 Å². The lowest BCUT2D eigenvalue weighted by molar-refractivity contribution is -0.130. The summed E-state index contributed by atoms with van der Waals surface area (Å²) in [4.78, 5) is 12.8. The van der Waals surface area contributed by atoms with Crippen molar-refractivity contribution >= 4 is 5.97 Å². The lowest BCUT2D eigenvalue weighted by atomic mass is 9.79. The van der Waals surface area contributed by atoms with Crippen LogP contribution in [-0.4, -0.2) is 35.1 Å². The van der Waals surface area contributed by atoms with Crippen molar-refractivity contribution in [2.24, 2.45) is 5.92 Å². The van der Waals surface area contributed by atoms with Gasteiger partial charge in [0.2, 0.25) is 0 Å². The molecule has 0 unspecified atom stereocenters. The summed E-state index contributed by atoms with van der Waals surface area (Å²) in [6.07, 6.45) is 4.45. The third kappa shape index (κ3) is 3.86. The van der Waals surface area contributed by atoms with Gasteiger partial charge in [0.15, 0.2) is 0 Å². The van der Waals surface area contributed by atoms with Crippen LogP contribution in [0.1, 0.15) is 39.5 Å². The normalized spacial score (nSPS) is 23.4. The summed E-state index contributed by atoms with van der Waals surface area (Å²) >= 11 is 0. The molecule has 3 nitrogen and oxygen atoms in total. The second-order valence-electron chi connectivity index (χ2n) is 4.43. The van der Waals surface area contributed by atoms with Crippen LogP contribution in [0.5, 0.6) is 0 Å². The Morgan fingerprint density at radius 1 is 1.31 bits per heavy atom. The minimum atomic E-state index is -1.01. The van der Waals surface area contributed by atoms with Crippen LogP contribution < -0.4 is 0 Å². The third-order valence-electron chi connectivity index (χ3n) is 3.03. The fourth-order valence-electron chi connectivity index (χ4n) is 2.22. The predicted octanol–water partition coefficient (Wildman–Crippen LogP) is 1.98. The molecule has 0 spiro atoms. The van der Waals surface area contributed by atoms with E-state index in [1.165, 1.54) is 12.8 Å². The topological polar surface area (TPSA) is 40.5 Å². The van der Waals surface area contributed by atoms with Gasteiger partial charge in [-0.1, -0.05) is 19.8 Å².